The van der Waals surface area contributed by atoms with Gasteiger partial charge < -0.3 is 10.2 Å². The molecule has 94 valence electrons. The lowest BCUT2D eigenvalue weighted by Crippen LogP contribution is -2.64. The lowest BCUT2D eigenvalue weighted by Gasteiger charge is -2.47. The number of carbonyl (C=O) groups is 2. The van der Waals surface area contributed by atoms with Crippen LogP contribution in [0.2, 0.25) is 0 Å². The normalized spacial score (nSPS) is 12.7. The van der Waals surface area contributed by atoms with Gasteiger partial charge in [-0.05, 0) is 41.5 Å². The molecule has 6 heteroatoms. The number of hydrazine groups is 1. The highest BCUT2D eigenvalue weighted by Gasteiger charge is 2.42. The standard InChI is InChI=1S/C10H20N2O4/c1-9(2,3)12(10(4,5)6)11(7(13)14)8(15)16/h1-6H3,(H,13,14)(H,15,16). The molecule has 0 heterocycles. The van der Waals surface area contributed by atoms with Crippen LogP contribution in [-0.4, -0.2) is 43.5 Å². The summed E-state index contributed by atoms with van der Waals surface area (Å²) in [7, 11) is 0. The van der Waals surface area contributed by atoms with Gasteiger partial charge in [-0.3, -0.25) is 0 Å². The first-order valence-electron chi connectivity index (χ1n) is 4.95. The van der Waals surface area contributed by atoms with Crippen molar-refractivity contribution in [3.63, 3.8) is 0 Å². The second kappa shape index (κ2) is 4.29. The highest BCUT2D eigenvalue weighted by Crippen LogP contribution is 2.27. The van der Waals surface area contributed by atoms with Crippen molar-refractivity contribution in [1.82, 2.24) is 10.0 Å². The molecule has 0 aliphatic heterocycles. The van der Waals surface area contributed by atoms with E-state index in [1.54, 1.807) is 41.5 Å². The number of imide groups is 1. The summed E-state index contributed by atoms with van der Waals surface area (Å²) in [6.07, 6.45) is -3.00. The number of nitrogens with zero attached hydrogens (tertiary/aromatic N) is 2. The van der Waals surface area contributed by atoms with E-state index in [0.717, 1.165) is 0 Å². The van der Waals surface area contributed by atoms with Crippen molar-refractivity contribution in [3.05, 3.63) is 0 Å². The van der Waals surface area contributed by atoms with E-state index >= 15 is 0 Å². The van der Waals surface area contributed by atoms with Crippen molar-refractivity contribution in [2.45, 2.75) is 52.6 Å². The molecule has 0 radical (unpaired) electrons. The summed E-state index contributed by atoms with van der Waals surface area (Å²) in [5.41, 5.74) is -1.23. The van der Waals surface area contributed by atoms with Crippen LogP contribution in [0, 0.1) is 0 Å². The van der Waals surface area contributed by atoms with Gasteiger partial charge >= 0.3 is 12.2 Å². The summed E-state index contributed by atoms with van der Waals surface area (Å²) in [6, 6.07) is 0. The molecule has 0 rings (SSSR count). The summed E-state index contributed by atoms with van der Waals surface area (Å²) in [5.74, 6) is 0. The highest BCUT2D eigenvalue weighted by atomic mass is 16.4. The van der Waals surface area contributed by atoms with E-state index in [-0.39, 0.29) is 0 Å². The maximum atomic E-state index is 11.0. The quantitative estimate of drug-likeness (QED) is 0.679. The Labute approximate surface area is 95.4 Å². The SMILES string of the molecule is CC(C)(C)N(N(C(=O)O)C(=O)O)C(C)(C)C. The molecule has 0 aliphatic rings. The molecule has 6 nitrogen and oxygen atoms in total. The van der Waals surface area contributed by atoms with Crippen molar-refractivity contribution in [2.24, 2.45) is 0 Å². The van der Waals surface area contributed by atoms with E-state index in [1.807, 2.05) is 0 Å². The number of rotatable bonds is 1. The fraction of sp³-hybridized carbons (Fsp3) is 0.800. The van der Waals surface area contributed by atoms with Crippen LogP contribution in [0.4, 0.5) is 9.59 Å². The molecular weight excluding hydrogens is 212 g/mol. The van der Waals surface area contributed by atoms with Gasteiger partial charge in [-0.2, -0.15) is 5.01 Å². The Bertz CT molecular complexity index is 260. The summed E-state index contributed by atoms with van der Waals surface area (Å²) >= 11 is 0. The minimum atomic E-state index is -1.50. The Morgan fingerprint density at radius 2 is 1.06 bits per heavy atom. The molecule has 0 bridgehead atoms. The van der Waals surface area contributed by atoms with Gasteiger partial charge in [0.25, 0.3) is 0 Å². The molecule has 0 unspecified atom stereocenters. The molecule has 0 saturated carbocycles. The number of amides is 2. The molecule has 0 aromatic rings. The molecule has 0 atom stereocenters. The average molecular weight is 232 g/mol. The zero-order valence-electron chi connectivity index (χ0n) is 10.6. The minimum absolute atomic E-state index is 0.333. The molecule has 0 aliphatic carbocycles. The molecule has 2 N–H and O–H groups in total. The van der Waals surface area contributed by atoms with Crippen LogP contribution in [0.3, 0.4) is 0 Å². The Hall–Kier alpha value is -1.30. The maximum Gasteiger partial charge on any atom is 0.432 e. The second-order valence-corrected chi connectivity index (χ2v) is 5.53. The lowest BCUT2D eigenvalue weighted by atomic mass is 9.99. The van der Waals surface area contributed by atoms with Crippen LogP contribution < -0.4 is 0 Å². The van der Waals surface area contributed by atoms with Crippen molar-refractivity contribution in [1.29, 1.82) is 0 Å². The number of carboxylic acid groups (broad SMARTS) is 2. The van der Waals surface area contributed by atoms with Gasteiger partial charge in [-0.25, -0.2) is 9.59 Å². The molecule has 0 aromatic heterocycles. The van der Waals surface area contributed by atoms with E-state index in [1.165, 1.54) is 5.01 Å². The Kier molecular flexibility index (Phi) is 3.94. The monoisotopic (exact) mass is 232 g/mol. The van der Waals surface area contributed by atoms with Crippen LogP contribution in [0.15, 0.2) is 0 Å². The van der Waals surface area contributed by atoms with Crippen molar-refractivity contribution < 1.29 is 19.8 Å². The molecule has 16 heavy (non-hydrogen) atoms. The van der Waals surface area contributed by atoms with Crippen LogP contribution in [0.5, 0.6) is 0 Å². The van der Waals surface area contributed by atoms with E-state index in [4.69, 9.17) is 10.2 Å². The molecular formula is C10H20N2O4. The molecule has 0 fully saturated rings. The van der Waals surface area contributed by atoms with E-state index in [9.17, 15) is 9.59 Å². The Morgan fingerprint density at radius 1 is 0.812 bits per heavy atom. The minimum Gasteiger partial charge on any atom is -0.464 e. The zero-order valence-corrected chi connectivity index (χ0v) is 10.6. The van der Waals surface area contributed by atoms with Gasteiger partial charge in [-0.1, -0.05) is 0 Å². The van der Waals surface area contributed by atoms with E-state index in [2.05, 4.69) is 0 Å². The smallest absolute Gasteiger partial charge is 0.432 e. The summed E-state index contributed by atoms with van der Waals surface area (Å²) in [6.45, 7) is 10.6. The van der Waals surface area contributed by atoms with Crippen LogP contribution in [0.1, 0.15) is 41.5 Å². The summed E-state index contributed by atoms with van der Waals surface area (Å²) in [5, 5.41) is 19.5. The van der Waals surface area contributed by atoms with Crippen molar-refractivity contribution in [3.8, 4) is 0 Å². The van der Waals surface area contributed by atoms with Crippen LogP contribution in [-0.2, 0) is 0 Å². The first-order valence-corrected chi connectivity index (χ1v) is 4.95. The van der Waals surface area contributed by atoms with E-state index in [0.29, 0.717) is 5.01 Å². The van der Waals surface area contributed by atoms with Gasteiger partial charge in [0.05, 0.1) is 0 Å². The molecule has 0 spiro atoms. The third-order valence-electron chi connectivity index (χ3n) is 1.83. The molecule has 0 aromatic carbocycles. The van der Waals surface area contributed by atoms with Gasteiger partial charge in [0.15, 0.2) is 0 Å². The zero-order chi connectivity index (χ0) is 13.3. The lowest BCUT2D eigenvalue weighted by molar-refractivity contribution is -0.111. The van der Waals surface area contributed by atoms with Gasteiger partial charge in [0.2, 0.25) is 0 Å². The van der Waals surface area contributed by atoms with Crippen LogP contribution >= 0.6 is 0 Å². The predicted octanol–water partition coefficient (Wildman–Crippen LogP) is 2.46. The third kappa shape index (κ3) is 3.37. The first-order chi connectivity index (χ1) is 6.89. The number of hydrogen-bond acceptors (Lipinski definition) is 3. The Balaban J connectivity index is 5.50. The van der Waals surface area contributed by atoms with Gasteiger partial charge in [-0.15, -0.1) is 5.01 Å². The van der Waals surface area contributed by atoms with Crippen LogP contribution in [0.25, 0.3) is 0 Å². The fourth-order valence-corrected chi connectivity index (χ4v) is 1.86. The average Bonchev–Trinajstić information content (AvgIpc) is 1.93. The second-order valence-electron chi connectivity index (χ2n) is 5.53. The largest absolute Gasteiger partial charge is 0.464 e. The summed E-state index contributed by atoms with van der Waals surface area (Å²) in [4.78, 5) is 22.0. The van der Waals surface area contributed by atoms with Gasteiger partial charge in [0, 0.05) is 11.1 Å². The maximum absolute atomic E-state index is 11.0. The first kappa shape index (κ1) is 14.7. The van der Waals surface area contributed by atoms with Crippen molar-refractivity contribution in [2.75, 3.05) is 0 Å². The van der Waals surface area contributed by atoms with E-state index < -0.39 is 23.3 Å². The highest BCUT2D eigenvalue weighted by molar-refractivity contribution is 5.84. The summed E-state index contributed by atoms with van der Waals surface area (Å²) < 4.78 is 0. The van der Waals surface area contributed by atoms with Crippen molar-refractivity contribution >= 4 is 12.2 Å². The Morgan fingerprint density at radius 3 is 1.12 bits per heavy atom. The molecule has 2 amide bonds. The van der Waals surface area contributed by atoms with Gasteiger partial charge in [0.1, 0.15) is 0 Å². The third-order valence-corrected chi connectivity index (χ3v) is 1.83. The fourth-order valence-electron chi connectivity index (χ4n) is 1.86. The molecule has 0 saturated heterocycles. The number of hydrogen-bond donors (Lipinski definition) is 2. The predicted molar refractivity (Wildman–Crippen MR) is 59.2 cm³/mol. The topological polar surface area (TPSA) is 81.1 Å².